The van der Waals surface area contributed by atoms with Crippen LogP contribution < -0.4 is 11.5 Å². The zero-order valence-corrected chi connectivity index (χ0v) is 13.6. The number of nitriles is 1. The summed E-state index contributed by atoms with van der Waals surface area (Å²) in [5.74, 6) is -0.407. The van der Waals surface area contributed by atoms with E-state index >= 15 is 0 Å². The number of rotatable bonds is 3. The predicted octanol–water partition coefficient (Wildman–Crippen LogP) is 2.01. The van der Waals surface area contributed by atoms with Gasteiger partial charge in [0.25, 0.3) is 5.91 Å². The minimum atomic E-state index is -0.774. The molecular formula is C17H15N5O3. The van der Waals surface area contributed by atoms with Crippen LogP contribution in [0.25, 0.3) is 17.1 Å². The van der Waals surface area contributed by atoms with Crippen molar-refractivity contribution in [1.82, 2.24) is 9.78 Å². The first-order valence-electron chi connectivity index (χ1n) is 7.33. The summed E-state index contributed by atoms with van der Waals surface area (Å²) in [6.45, 7) is 3.54. The zero-order valence-electron chi connectivity index (χ0n) is 13.6. The SMILES string of the molecule is Cc1ccc(O)c(C)c1-n1nc(-c2ccc(C#N)o2)c(C(N)=O)c1N. The third-order valence-electron chi connectivity index (χ3n) is 3.93. The summed E-state index contributed by atoms with van der Waals surface area (Å²) in [7, 11) is 0. The molecule has 2 heterocycles. The van der Waals surface area contributed by atoms with Crippen LogP contribution in [0, 0.1) is 25.2 Å². The summed E-state index contributed by atoms with van der Waals surface area (Å²) in [5, 5.41) is 23.2. The van der Waals surface area contributed by atoms with Crippen LogP contribution >= 0.6 is 0 Å². The Morgan fingerprint density at radius 3 is 2.64 bits per heavy atom. The van der Waals surface area contributed by atoms with Gasteiger partial charge >= 0.3 is 0 Å². The van der Waals surface area contributed by atoms with Gasteiger partial charge in [0.15, 0.2) is 5.76 Å². The molecule has 1 aromatic carbocycles. The number of aromatic nitrogens is 2. The molecule has 8 nitrogen and oxygen atoms in total. The molecule has 25 heavy (non-hydrogen) atoms. The molecule has 0 atom stereocenters. The number of anilines is 1. The molecule has 0 fully saturated rings. The van der Waals surface area contributed by atoms with Gasteiger partial charge in [-0.3, -0.25) is 4.79 Å². The van der Waals surface area contributed by atoms with E-state index in [1.165, 1.54) is 16.8 Å². The van der Waals surface area contributed by atoms with Crippen LogP contribution in [-0.4, -0.2) is 20.8 Å². The van der Waals surface area contributed by atoms with Gasteiger partial charge in [0.1, 0.15) is 28.9 Å². The molecule has 0 unspecified atom stereocenters. The predicted molar refractivity (Wildman–Crippen MR) is 90.1 cm³/mol. The number of primary amides is 1. The number of nitrogens with zero attached hydrogens (tertiary/aromatic N) is 3. The first-order chi connectivity index (χ1) is 11.8. The summed E-state index contributed by atoms with van der Waals surface area (Å²) in [4.78, 5) is 11.9. The second kappa shape index (κ2) is 5.72. The number of hydrogen-bond acceptors (Lipinski definition) is 6. The molecule has 1 amide bonds. The Hall–Kier alpha value is -3.73. The minimum Gasteiger partial charge on any atom is -0.508 e. The first-order valence-corrected chi connectivity index (χ1v) is 7.33. The smallest absolute Gasteiger partial charge is 0.254 e. The maximum atomic E-state index is 11.9. The zero-order chi connectivity index (χ0) is 18.3. The lowest BCUT2D eigenvalue weighted by atomic mass is 10.1. The third kappa shape index (κ3) is 2.48. The molecule has 126 valence electrons. The van der Waals surface area contributed by atoms with Crippen molar-refractivity contribution in [1.29, 1.82) is 5.26 Å². The van der Waals surface area contributed by atoms with Crippen molar-refractivity contribution < 1.29 is 14.3 Å². The van der Waals surface area contributed by atoms with E-state index in [1.54, 1.807) is 19.1 Å². The van der Waals surface area contributed by atoms with Gasteiger partial charge in [-0.25, -0.2) is 4.68 Å². The van der Waals surface area contributed by atoms with Gasteiger partial charge in [-0.2, -0.15) is 10.4 Å². The Bertz CT molecular complexity index is 1040. The standard InChI is InChI=1S/C17H15N5O3/c1-8-3-5-11(23)9(2)15(8)22-16(19)13(17(20)24)14(21-22)12-6-4-10(7-18)25-12/h3-6,23H,19H2,1-2H3,(H2,20,24). The maximum absolute atomic E-state index is 11.9. The van der Waals surface area contributed by atoms with E-state index in [0.29, 0.717) is 11.3 Å². The number of benzene rings is 1. The first kappa shape index (κ1) is 16.1. The van der Waals surface area contributed by atoms with Crippen molar-refractivity contribution in [2.24, 2.45) is 5.73 Å². The van der Waals surface area contributed by atoms with Crippen LogP contribution in [0.4, 0.5) is 5.82 Å². The topological polar surface area (TPSA) is 144 Å². The molecular weight excluding hydrogens is 322 g/mol. The van der Waals surface area contributed by atoms with E-state index in [2.05, 4.69) is 5.10 Å². The van der Waals surface area contributed by atoms with Gasteiger partial charge < -0.3 is 21.0 Å². The maximum Gasteiger partial charge on any atom is 0.254 e. The second-order valence-electron chi connectivity index (χ2n) is 5.54. The highest BCUT2D eigenvalue weighted by Gasteiger charge is 2.26. The molecule has 0 spiro atoms. The van der Waals surface area contributed by atoms with Crippen LogP contribution in [-0.2, 0) is 0 Å². The number of carbonyl (C=O) groups is 1. The molecule has 8 heteroatoms. The monoisotopic (exact) mass is 337 g/mol. The van der Waals surface area contributed by atoms with Crippen molar-refractivity contribution in [2.75, 3.05) is 5.73 Å². The van der Waals surface area contributed by atoms with Crippen LogP contribution in [0.1, 0.15) is 27.2 Å². The molecule has 5 N–H and O–H groups in total. The van der Waals surface area contributed by atoms with Crippen LogP contribution in [0.3, 0.4) is 0 Å². The van der Waals surface area contributed by atoms with Gasteiger partial charge in [-0.05, 0) is 37.6 Å². The number of phenols is 1. The van der Waals surface area contributed by atoms with Gasteiger partial charge in [0, 0.05) is 5.56 Å². The van der Waals surface area contributed by atoms with Crippen molar-refractivity contribution in [3.63, 3.8) is 0 Å². The Kier molecular flexibility index (Phi) is 3.69. The molecule has 2 aromatic heterocycles. The fraction of sp³-hybridized carbons (Fsp3) is 0.118. The lowest BCUT2D eigenvalue weighted by Gasteiger charge is -2.12. The molecule has 0 aliphatic rings. The highest BCUT2D eigenvalue weighted by molar-refractivity contribution is 6.03. The summed E-state index contributed by atoms with van der Waals surface area (Å²) in [6, 6.07) is 8.11. The lowest BCUT2D eigenvalue weighted by molar-refractivity contribution is 0.100. The molecule has 0 saturated carbocycles. The Morgan fingerprint density at radius 1 is 1.32 bits per heavy atom. The number of nitrogens with two attached hydrogens (primary N) is 2. The van der Waals surface area contributed by atoms with E-state index in [4.69, 9.17) is 21.1 Å². The molecule has 0 radical (unpaired) electrons. The second-order valence-corrected chi connectivity index (χ2v) is 5.54. The fourth-order valence-corrected chi connectivity index (χ4v) is 2.69. The van der Waals surface area contributed by atoms with Crippen molar-refractivity contribution >= 4 is 11.7 Å². The van der Waals surface area contributed by atoms with Gasteiger partial charge in [0.05, 0.1) is 5.69 Å². The largest absolute Gasteiger partial charge is 0.508 e. The van der Waals surface area contributed by atoms with Crippen LogP contribution in [0.15, 0.2) is 28.7 Å². The van der Waals surface area contributed by atoms with E-state index in [1.807, 2.05) is 13.0 Å². The average molecular weight is 337 g/mol. The number of hydrogen-bond donors (Lipinski definition) is 3. The number of furan rings is 1. The third-order valence-corrected chi connectivity index (χ3v) is 3.93. The molecule has 0 aliphatic heterocycles. The van der Waals surface area contributed by atoms with Crippen molar-refractivity contribution in [3.05, 3.63) is 46.7 Å². The highest BCUT2D eigenvalue weighted by atomic mass is 16.3. The normalized spacial score (nSPS) is 10.6. The number of nitrogen functional groups attached to an aromatic ring is 1. The number of aryl methyl sites for hydroxylation is 1. The number of amides is 1. The van der Waals surface area contributed by atoms with E-state index in [9.17, 15) is 9.90 Å². The Labute approximate surface area is 142 Å². The summed E-state index contributed by atoms with van der Waals surface area (Å²) >= 11 is 0. The van der Waals surface area contributed by atoms with E-state index in [0.717, 1.165) is 5.56 Å². The number of aromatic hydroxyl groups is 1. The quantitative estimate of drug-likeness (QED) is 0.666. The van der Waals surface area contributed by atoms with Crippen molar-refractivity contribution in [2.45, 2.75) is 13.8 Å². The Balaban J connectivity index is 2.31. The highest BCUT2D eigenvalue weighted by Crippen LogP contribution is 2.34. The van der Waals surface area contributed by atoms with Crippen LogP contribution in [0.2, 0.25) is 0 Å². The van der Waals surface area contributed by atoms with Gasteiger partial charge in [0.2, 0.25) is 5.76 Å². The molecule has 3 rings (SSSR count). The van der Waals surface area contributed by atoms with Crippen LogP contribution in [0.5, 0.6) is 5.75 Å². The molecule has 0 saturated heterocycles. The lowest BCUT2D eigenvalue weighted by Crippen LogP contribution is -2.14. The van der Waals surface area contributed by atoms with E-state index in [-0.39, 0.29) is 34.3 Å². The summed E-state index contributed by atoms with van der Waals surface area (Å²) in [5.41, 5.74) is 13.6. The molecule has 0 bridgehead atoms. The minimum absolute atomic E-state index is 0.0130. The van der Waals surface area contributed by atoms with E-state index < -0.39 is 5.91 Å². The summed E-state index contributed by atoms with van der Waals surface area (Å²) < 4.78 is 6.69. The average Bonchev–Trinajstić information content (AvgIpc) is 3.16. The molecule has 3 aromatic rings. The van der Waals surface area contributed by atoms with Crippen molar-refractivity contribution in [3.8, 4) is 29.0 Å². The van der Waals surface area contributed by atoms with Gasteiger partial charge in [-0.15, -0.1) is 0 Å². The van der Waals surface area contributed by atoms with Gasteiger partial charge in [-0.1, -0.05) is 6.07 Å². The Morgan fingerprint density at radius 2 is 2.04 bits per heavy atom. The number of carbonyl (C=O) groups excluding carboxylic acids is 1. The fourth-order valence-electron chi connectivity index (χ4n) is 2.69. The number of phenolic OH excluding ortho intramolecular Hbond substituents is 1. The molecule has 0 aliphatic carbocycles. The summed E-state index contributed by atoms with van der Waals surface area (Å²) in [6.07, 6.45) is 0.